The van der Waals surface area contributed by atoms with Crippen LogP contribution in [0.2, 0.25) is 0 Å². The lowest BCUT2D eigenvalue weighted by Gasteiger charge is -2.33. The number of likely N-dealkylation sites (N-methyl/N-ethyl adjacent to an activating group) is 1. The maximum Gasteiger partial charge on any atom is 0.416 e. The molecule has 2 aromatic heterocycles. The highest BCUT2D eigenvalue weighted by molar-refractivity contribution is 7.17. The Kier molecular flexibility index (Phi) is 5.96. The lowest BCUT2D eigenvalue weighted by molar-refractivity contribution is -0.137. The molecule has 0 aliphatic carbocycles. The number of hydrogen-bond donors (Lipinski definition) is 1. The van der Waals surface area contributed by atoms with E-state index in [4.69, 9.17) is 0 Å². The Morgan fingerprint density at radius 2 is 1.84 bits per heavy atom. The highest BCUT2D eigenvalue weighted by Gasteiger charge is 2.30. The van der Waals surface area contributed by atoms with E-state index in [1.54, 1.807) is 22.9 Å². The van der Waals surface area contributed by atoms with Crippen molar-refractivity contribution in [1.82, 2.24) is 19.7 Å². The van der Waals surface area contributed by atoms with Crippen molar-refractivity contribution < 1.29 is 18.0 Å². The van der Waals surface area contributed by atoms with E-state index in [0.717, 1.165) is 50.0 Å². The molecule has 164 valence electrons. The Labute approximate surface area is 181 Å². The lowest BCUT2D eigenvalue weighted by Crippen LogP contribution is -2.46. The SMILES string of the molecule is CCN1CCN(c2nnc(-n3cccc3C(=O)Nc3cccc(C(F)(F)F)c3)s2)CC1. The van der Waals surface area contributed by atoms with Gasteiger partial charge in [-0.2, -0.15) is 13.2 Å². The maximum atomic E-state index is 12.9. The van der Waals surface area contributed by atoms with Crippen molar-refractivity contribution in [2.24, 2.45) is 0 Å². The molecule has 1 aliphatic rings. The Morgan fingerprint density at radius 1 is 1.10 bits per heavy atom. The van der Waals surface area contributed by atoms with Crippen molar-refractivity contribution in [1.29, 1.82) is 0 Å². The normalized spacial score (nSPS) is 15.3. The summed E-state index contributed by atoms with van der Waals surface area (Å²) in [6, 6.07) is 7.81. The zero-order valence-corrected chi connectivity index (χ0v) is 17.6. The number of amides is 1. The van der Waals surface area contributed by atoms with E-state index >= 15 is 0 Å². The largest absolute Gasteiger partial charge is 0.416 e. The molecule has 3 heterocycles. The Bertz CT molecular complexity index is 1060. The monoisotopic (exact) mass is 450 g/mol. The van der Waals surface area contributed by atoms with Crippen LogP contribution < -0.4 is 10.2 Å². The first kappa shape index (κ1) is 21.3. The number of piperazine rings is 1. The van der Waals surface area contributed by atoms with Gasteiger partial charge in [0.2, 0.25) is 10.3 Å². The van der Waals surface area contributed by atoms with Gasteiger partial charge in [0, 0.05) is 38.1 Å². The quantitative estimate of drug-likeness (QED) is 0.642. The number of benzene rings is 1. The van der Waals surface area contributed by atoms with E-state index in [0.29, 0.717) is 5.13 Å². The molecule has 1 fully saturated rings. The Hall–Kier alpha value is -2.92. The summed E-state index contributed by atoms with van der Waals surface area (Å²) < 4.78 is 40.4. The number of halogens is 3. The molecular formula is C20H21F3N6OS. The number of anilines is 2. The number of carbonyl (C=O) groups is 1. The molecular weight excluding hydrogens is 429 g/mol. The summed E-state index contributed by atoms with van der Waals surface area (Å²) in [5.74, 6) is -0.530. The predicted molar refractivity (Wildman–Crippen MR) is 113 cm³/mol. The minimum atomic E-state index is -4.48. The van der Waals surface area contributed by atoms with Crippen molar-refractivity contribution in [3.05, 3.63) is 53.9 Å². The smallest absolute Gasteiger partial charge is 0.344 e. The van der Waals surface area contributed by atoms with Crippen LogP contribution in [0.4, 0.5) is 24.0 Å². The van der Waals surface area contributed by atoms with Crippen molar-refractivity contribution in [3.8, 4) is 5.13 Å². The fraction of sp³-hybridized carbons (Fsp3) is 0.350. The third-order valence-corrected chi connectivity index (χ3v) is 6.11. The van der Waals surface area contributed by atoms with Crippen LogP contribution in [0.1, 0.15) is 23.0 Å². The number of rotatable bonds is 5. The molecule has 1 amide bonds. The molecule has 1 saturated heterocycles. The zero-order valence-electron chi connectivity index (χ0n) is 16.8. The number of alkyl halides is 3. The lowest BCUT2D eigenvalue weighted by atomic mass is 10.2. The second-order valence-corrected chi connectivity index (χ2v) is 8.02. The van der Waals surface area contributed by atoms with Crippen LogP contribution in [-0.4, -0.2) is 58.3 Å². The van der Waals surface area contributed by atoms with E-state index in [1.807, 2.05) is 0 Å². The summed E-state index contributed by atoms with van der Waals surface area (Å²) in [6.07, 6.45) is -2.80. The van der Waals surface area contributed by atoms with Crippen LogP contribution in [0.3, 0.4) is 0 Å². The molecule has 7 nitrogen and oxygen atoms in total. The maximum absolute atomic E-state index is 12.9. The van der Waals surface area contributed by atoms with Crippen molar-refractivity contribution in [3.63, 3.8) is 0 Å². The van der Waals surface area contributed by atoms with Gasteiger partial charge < -0.3 is 15.1 Å². The van der Waals surface area contributed by atoms with Gasteiger partial charge in [0.15, 0.2) is 0 Å². The molecule has 4 rings (SSSR count). The molecule has 3 aromatic rings. The topological polar surface area (TPSA) is 66.3 Å². The third kappa shape index (κ3) is 4.72. The Balaban J connectivity index is 1.50. The summed E-state index contributed by atoms with van der Waals surface area (Å²) in [6.45, 7) is 6.78. The zero-order chi connectivity index (χ0) is 22.0. The minimum Gasteiger partial charge on any atom is -0.344 e. The average molecular weight is 450 g/mol. The highest BCUT2D eigenvalue weighted by atomic mass is 32.1. The van der Waals surface area contributed by atoms with Gasteiger partial charge in [0.05, 0.1) is 5.56 Å². The summed E-state index contributed by atoms with van der Waals surface area (Å²) in [5, 5.41) is 12.3. The molecule has 1 N–H and O–H groups in total. The number of nitrogens with zero attached hydrogens (tertiary/aromatic N) is 5. The molecule has 0 unspecified atom stereocenters. The van der Waals surface area contributed by atoms with E-state index in [9.17, 15) is 18.0 Å². The van der Waals surface area contributed by atoms with Crippen LogP contribution in [0, 0.1) is 0 Å². The molecule has 0 radical (unpaired) electrons. The molecule has 0 atom stereocenters. The molecule has 0 spiro atoms. The first-order valence-electron chi connectivity index (χ1n) is 9.82. The fourth-order valence-corrected chi connectivity index (χ4v) is 4.29. The molecule has 0 saturated carbocycles. The van der Waals surface area contributed by atoms with Gasteiger partial charge in [-0.15, -0.1) is 10.2 Å². The minimum absolute atomic E-state index is 0.0688. The fourth-order valence-electron chi connectivity index (χ4n) is 3.39. The van der Waals surface area contributed by atoms with Gasteiger partial charge >= 0.3 is 6.18 Å². The summed E-state index contributed by atoms with van der Waals surface area (Å²) >= 11 is 1.37. The van der Waals surface area contributed by atoms with Crippen LogP contribution >= 0.6 is 11.3 Å². The van der Waals surface area contributed by atoms with Crippen molar-refractivity contribution in [2.75, 3.05) is 42.9 Å². The Morgan fingerprint density at radius 3 is 2.55 bits per heavy atom. The van der Waals surface area contributed by atoms with Gasteiger partial charge in [-0.1, -0.05) is 24.3 Å². The molecule has 1 aromatic carbocycles. The molecule has 31 heavy (non-hydrogen) atoms. The third-order valence-electron chi connectivity index (χ3n) is 5.13. The predicted octanol–water partition coefficient (Wildman–Crippen LogP) is 3.74. The van der Waals surface area contributed by atoms with E-state index < -0.39 is 17.6 Å². The van der Waals surface area contributed by atoms with Gasteiger partial charge in [-0.05, 0) is 36.9 Å². The number of nitrogens with one attached hydrogen (secondary N) is 1. The standard InChI is InChI=1S/C20H21F3N6OS/c1-2-27-9-11-28(12-10-27)18-25-26-19(31-18)29-8-4-7-16(29)17(30)24-15-6-3-5-14(13-15)20(21,22)23/h3-8,13H,2,9-12H2,1H3,(H,24,30). The molecule has 11 heteroatoms. The van der Waals surface area contributed by atoms with E-state index in [1.165, 1.54) is 23.5 Å². The number of carbonyl (C=O) groups excluding carboxylic acids is 1. The first-order chi connectivity index (χ1) is 14.8. The molecule has 0 bridgehead atoms. The molecule has 1 aliphatic heterocycles. The number of aromatic nitrogens is 3. The second kappa shape index (κ2) is 8.67. The van der Waals surface area contributed by atoms with Gasteiger partial charge in [-0.3, -0.25) is 9.36 Å². The van der Waals surface area contributed by atoms with Crippen molar-refractivity contribution >= 4 is 28.1 Å². The van der Waals surface area contributed by atoms with Gasteiger partial charge in [0.1, 0.15) is 5.69 Å². The number of hydrogen-bond acceptors (Lipinski definition) is 6. The van der Waals surface area contributed by atoms with Crippen LogP contribution in [-0.2, 0) is 6.18 Å². The highest BCUT2D eigenvalue weighted by Crippen LogP contribution is 2.31. The van der Waals surface area contributed by atoms with Crippen LogP contribution in [0.25, 0.3) is 5.13 Å². The summed E-state index contributed by atoms with van der Waals surface area (Å²) in [7, 11) is 0. The summed E-state index contributed by atoms with van der Waals surface area (Å²) in [4.78, 5) is 17.3. The average Bonchev–Trinajstić information content (AvgIpc) is 3.43. The van der Waals surface area contributed by atoms with Crippen LogP contribution in [0.15, 0.2) is 42.6 Å². The second-order valence-electron chi connectivity index (χ2n) is 7.08. The van der Waals surface area contributed by atoms with Crippen molar-refractivity contribution in [2.45, 2.75) is 13.1 Å². The van der Waals surface area contributed by atoms with Gasteiger partial charge in [0.25, 0.3) is 5.91 Å². The van der Waals surface area contributed by atoms with Crippen LogP contribution in [0.5, 0.6) is 0 Å². The summed E-state index contributed by atoms with van der Waals surface area (Å²) in [5.41, 5.74) is -0.493. The van der Waals surface area contributed by atoms with E-state index in [2.05, 4.69) is 32.2 Å². The van der Waals surface area contributed by atoms with Gasteiger partial charge in [-0.25, -0.2) is 0 Å². The van der Waals surface area contributed by atoms with E-state index in [-0.39, 0.29) is 11.4 Å². The first-order valence-corrected chi connectivity index (χ1v) is 10.6.